The first-order valence-corrected chi connectivity index (χ1v) is 9.12. The molecule has 4 rings (SSSR count). The smallest absolute Gasteiger partial charge is 0.110 e. The van der Waals surface area contributed by atoms with Crippen LogP contribution >= 0.6 is 0 Å². The molecule has 128 valence electrons. The highest BCUT2D eigenvalue weighted by Gasteiger charge is 2.18. The van der Waals surface area contributed by atoms with Crippen molar-refractivity contribution in [2.24, 2.45) is 0 Å². The summed E-state index contributed by atoms with van der Waals surface area (Å²) < 4.78 is 2.26. The zero-order chi connectivity index (χ0) is 17.1. The van der Waals surface area contributed by atoms with E-state index in [4.69, 9.17) is 4.98 Å². The summed E-state index contributed by atoms with van der Waals surface area (Å²) in [5.74, 6) is 0. The maximum absolute atomic E-state index is 4.74. The minimum Gasteiger partial charge on any atom is -0.348 e. The van der Waals surface area contributed by atoms with E-state index in [9.17, 15) is 0 Å². The fourth-order valence-electron chi connectivity index (χ4n) is 3.60. The summed E-state index contributed by atoms with van der Waals surface area (Å²) in [5.41, 5.74) is 6.92. The van der Waals surface area contributed by atoms with E-state index in [-0.39, 0.29) is 0 Å². The number of rotatable bonds is 5. The zero-order valence-corrected chi connectivity index (χ0v) is 14.7. The van der Waals surface area contributed by atoms with Gasteiger partial charge >= 0.3 is 0 Å². The van der Waals surface area contributed by atoms with E-state index in [1.165, 1.54) is 25.7 Å². The average molecular weight is 332 g/mol. The van der Waals surface area contributed by atoms with Gasteiger partial charge in [-0.25, -0.2) is 9.97 Å². The van der Waals surface area contributed by atoms with Crippen LogP contribution in [0.5, 0.6) is 0 Å². The largest absolute Gasteiger partial charge is 0.348 e. The number of H-pyrrole nitrogens is 1. The lowest BCUT2D eigenvalue weighted by molar-refractivity contribution is 0.627. The molecule has 0 saturated heterocycles. The van der Waals surface area contributed by atoms with E-state index < -0.39 is 0 Å². The first-order chi connectivity index (χ1) is 12.3. The molecule has 4 nitrogen and oxygen atoms in total. The molecule has 1 aliphatic rings. The van der Waals surface area contributed by atoms with Crippen LogP contribution in [0.3, 0.4) is 0 Å². The summed E-state index contributed by atoms with van der Waals surface area (Å²) in [6.07, 6.45) is 12.4. The van der Waals surface area contributed by atoms with Crippen LogP contribution in [-0.4, -0.2) is 19.5 Å². The van der Waals surface area contributed by atoms with Crippen molar-refractivity contribution in [2.75, 3.05) is 0 Å². The summed E-state index contributed by atoms with van der Waals surface area (Å²) in [7, 11) is 0. The van der Waals surface area contributed by atoms with Gasteiger partial charge in [-0.15, -0.1) is 0 Å². The normalized spacial score (nSPS) is 14.5. The van der Waals surface area contributed by atoms with E-state index >= 15 is 0 Å². The number of hydrogen-bond donors (Lipinski definition) is 1. The molecule has 0 unspecified atom stereocenters. The zero-order valence-electron chi connectivity index (χ0n) is 14.7. The van der Waals surface area contributed by atoms with Crippen LogP contribution in [0.4, 0.5) is 0 Å². The monoisotopic (exact) mass is 332 g/mol. The van der Waals surface area contributed by atoms with Gasteiger partial charge < -0.3 is 9.55 Å². The second-order valence-electron chi connectivity index (χ2n) is 6.74. The number of imidazole rings is 2. The van der Waals surface area contributed by atoms with Gasteiger partial charge in [-0.2, -0.15) is 0 Å². The van der Waals surface area contributed by atoms with Crippen molar-refractivity contribution < 1.29 is 0 Å². The van der Waals surface area contributed by atoms with Crippen molar-refractivity contribution >= 4 is 0 Å². The first-order valence-electron chi connectivity index (χ1n) is 9.12. The lowest BCUT2D eigenvalue weighted by Gasteiger charge is -2.14. The molecule has 2 aromatic heterocycles. The Kier molecular flexibility index (Phi) is 4.51. The van der Waals surface area contributed by atoms with Crippen LogP contribution in [0, 0.1) is 6.92 Å². The molecular formula is C21H24N4. The Balaban J connectivity index is 1.70. The molecule has 4 heteroatoms. The quantitative estimate of drug-likeness (QED) is 0.658. The fraction of sp³-hybridized carbons (Fsp3) is 0.333. The fourth-order valence-corrected chi connectivity index (χ4v) is 3.60. The van der Waals surface area contributed by atoms with Crippen LogP contribution in [0.2, 0.25) is 0 Å². The molecule has 0 aliphatic heterocycles. The molecule has 0 atom stereocenters. The Labute approximate surface area is 148 Å². The molecule has 1 N–H and O–H groups in total. The van der Waals surface area contributed by atoms with Crippen LogP contribution in [0.1, 0.15) is 37.8 Å². The second-order valence-corrected chi connectivity index (χ2v) is 6.74. The summed E-state index contributed by atoms with van der Waals surface area (Å²) in [5, 5.41) is 0. The van der Waals surface area contributed by atoms with Crippen molar-refractivity contribution in [3.8, 4) is 22.6 Å². The van der Waals surface area contributed by atoms with Gasteiger partial charge in [0.25, 0.3) is 0 Å². The van der Waals surface area contributed by atoms with Crippen LogP contribution in [0.25, 0.3) is 22.6 Å². The summed E-state index contributed by atoms with van der Waals surface area (Å²) in [6.45, 7) is 3.02. The maximum atomic E-state index is 4.74. The average Bonchev–Trinajstić information content (AvgIpc) is 3.27. The summed E-state index contributed by atoms with van der Waals surface area (Å²) in [4.78, 5) is 12.5. The molecule has 0 saturated carbocycles. The van der Waals surface area contributed by atoms with Crippen LogP contribution in [0.15, 0.2) is 54.6 Å². The SMILES string of the molecule is Cc1[nH]cnc1-c1c(-c2ccccc2)ncn1CCC1=CCCCC1. The van der Waals surface area contributed by atoms with Gasteiger partial charge in [0.2, 0.25) is 0 Å². The number of aromatic nitrogens is 4. The Hall–Kier alpha value is -2.62. The molecule has 0 amide bonds. The number of hydrogen-bond acceptors (Lipinski definition) is 2. The minimum atomic E-state index is 0.952. The third kappa shape index (κ3) is 3.29. The predicted molar refractivity (Wildman–Crippen MR) is 101 cm³/mol. The number of aromatic amines is 1. The van der Waals surface area contributed by atoms with Crippen molar-refractivity contribution in [3.05, 3.63) is 60.3 Å². The lowest BCUT2D eigenvalue weighted by Crippen LogP contribution is -2.03. The van der Waals surface area contributed by atoms with E-state index in [1.54, 1.807) is 11.9 Å². The van der Waals surface area contributed by atoms with E-state index in [0.29, 0.717) is 0 Å². The summed E-state index contributed by atoms with van der Waals surface area (Å²) >= 11 is 0. The van der Waals surface area contributed by atoms with Crippen LogP contribution in [-0.2, 0) is 6.54 Å². The number of nitrogens with zero attached hydrogens (tertiary/aromatic N) is 3. The third-order valence-electron chi connectivity index (χ3n) is 5.00. The third-order valence-corrected chi connectivity index (χ3v) is 5.00. The van der Waals surface area contributed by atoms with Gasteiger partial charge in [0, 0.05) is 17.8 Å². The molecule has 2 heterocycles. The van der Waals surface area contributed by atoms with Gasteiger partial charge in [0.1, 0.15) is 5.69 Å². The number of aryl methyl sites for hydroxylation is 2. The Morgan fingerprint density at radius 3 is 2.68 bits per heavy atom. The van der Waals surface area contributed by atoms with E-state index in [1.807, 2.05) is 12.4 Å². The standard InChI is InChI=1S/C21H24N4/c1-16-19(23-14-22-16)21-20(18-10-6-3-7-11-18)24-15-25(21)13-12-17-8-4-2-5-9-17/h3,6-8,10-11,14-15H,2,4-5,9,12-13H2,1H3,(H,22,23). The topological polar surface area (TPSA) is 46.5 Å². The van der Waals surface area contributed by atoms with Gasteiger partial charge in [-0.1, -0.05) is 42.0 Å². The molecule has 0 radical (unpaired) electrons. The number of allylic oxidation sites excluding steroid dienone is 2. The molecule has 0 fully saturated rings. The van der Waals surface area contributed by atoms with Gasteiger partial charge in [0.15, 0.2) is 0 Å². The van der Waals surface area contributed by atoms with Gasteiger partial charge in [-0.3, -0.25) is 0 Å². The van der Waals surface area contributed by atoms with Crippen molar-refractivity contribution in [1.29, 1.82) is 0 Å². The molecule has 1 aliphatic carbocycles. The molecule has 25 heavy (non-hydrogen) atoms. The molecular weight excluding hydrogens is 308 g/mol. The van der Waals surface area contributed by atoms with Gasteiger partial charge in [0.05, 0.1) is 24.0 Å². The Bertz CT molecular complexity index is 870. The summed E-state index contributed by atoms with van der Waals surface area (Å²) in [6, 6.07) is 10.4. The number of nitrogens with one attached hydrogen (secondary N) is 1. The highest BCUT2D eigenvalue weighted by Crippen LogP contribution is 2.32. The van der Waals surface area contributed by atoms with E-state index in [2.05, 4.69) is 51.8 Å². The first kappa shape index (κ1) is 15.9. The minimum absolute atomic E-state index is 0.952. The number of benzene rings is 1. The molecule has 1 aromatic carbocycles. The highest BCUT2D eigenvalue weighted by atomic mass is 15.1. The Morgan fingerprint density at radius 1 is 1.08 bits per heavy atom. The van der Waals surface area contributed by atoms with Crippen molar-refractivity contribution in [2.45, 2.75) is 45.6 Å². The predicted octanol–water partition coefficient (Wildman–Crippen LogP) is 5.14. The lowest BCUT2D eigenvalue weighted by atomic mass is 9.97. The van der Waals surface area contributed by atoms with Gasteiger partial charge in [-0.05, 0) is 39.0 Å². The van der Waals surface area contributed by atoms with Crippen molar-refractivity contribution in [3.63, 3.8) is 0 Å². The van der Waals surface area contributed by atoms with Crippen molar-refractivity contribution in [1.82, 2.24) is 19.5 Å². The van der Waals surface area contributed by atoms with E-state index in [0.717, 1.165) is 41.3 Å². The molecule has 3 aromatic rings. The maximum Gasteiger partial charge on any atom is 0.110 e. The highest BCUT2D eigenvalue weighted by molar-refractivity contribution is 5.77. The molecule has 0 spiro atoms. The Morgan fingerprint density at radius 2 is 1.96 bits per heavy atom. The second kappa shape index (κ2) is 7.09. The molecule has 0 bridgehead atoms. The van der Waals surface area contributed by atoms with Crippen LogP contribution < -0.4 is 0 Å².